The third kappa shape index (κ3) is 2.54. The van der Waals surface area contributed by atoms with E-state index in [0.717, 1.165) is 28.0 Å². The highest BCUT2D eigenvalue weighted by Crippen LogP contribution is 2.32. The van der Waals surface area contributed by atoms with Gasteiger partial charge in [-0.25, -0.2) is 4.98 Å². The molecule has 0 saturated heterocycles. The molecule has 0 fully saturated rings. The third-order valence-corrected chi connectivity index (χ3v) is 3.83. The number of hydrogen-bond donors (Lipinski definition) is 0. The summed E-state index contributed by atoms with van der Waals surface area (Å²) in [4.78, 5) is 8.39. The summed E-state index contributed by atoms with van der Waals surface area (Å²) < 4.78 is 11.9. The Kier molecular flexibility index (Phi) is 3.69. The van der Waals surface area contributed by atoms with Crippen LogP contribution in [0.15, 0.2) is 57.5 Å². The van der Waals surface area contributed by atoms with Gasteiger partial charge in [-0.2, -0.15) is 0 Å². The number of oxazole rings is 1. The molecular formula is C15H13BrN2O2. The molecule has 0 bridgehead atoms. The second kappa shape index (κ2) is 5.63. The van der Waals surface area contributed by atoms with Crippen LogP contribution in [-0.2, 0) is 4.74 Å². The second-order valence-electron chi connectivity index (χ2n) is 4.44. The van der Waals surface area contributed by atoms with Gasteiger partial charge in [0, 0.05) is 22.8 Å². The lowest BCUT2D eigenvalue weighted by atomic mass is 9.98. The van der Waals surface area contributed by atoms with E-state index in [4.69, 9.17) is 9.15 Å². The van der Waals surface area contributed by atoms with Gasteiger partial charge in [0.25, 0.3) is 0 Å². The normalized spacial score (nSPS) is 17.9. The van der Waals surface area contributed by atoms with Gasteiger partial charge in [0.1, 0.15) is 11.5 Å². The Hall–Kier alpha value is -1.88. The topological polar surface area (TPSA) is 48.2 Å². The summed E-state index contributed by atoms with van der Waals surface area (Å²) >= 11 is 3.45. The number of ether oxygens (including phenoxy) is 1. The minimum atomic E-state index is 0.204. The predicted octanol–water partition coefficient (Wildman–Crippen LogP) is 4.07. The molecule has 0 N–H and O–H groups in total. The smallest absolute Gasteiger partial charge is 0.227 e. The van der Waals surface area contributed by atoms with Gasteiger partial charge in [-0.15, -0.1) is 0 Å². The Morgan fingerprint density at radius 1 is 1.40 bits per heavy atom. The van der Waals surface area contributed by atoms with Crippen molar-refractivity contribution >= 4 is 15.9 Å². The van der Waals surface area contributed by atoms with Crippen LogP contribution >= 0.6 is 15.9 Å². The predicted molar refractivity (Wildman–Crippen MR) is 79.0 cm³/mol. The zero-order valence-corrected chi connectivity index (χ0v) is 12.5. The molecule has 102 valence electrons. The fourth-order valence-corrected chi connectivity index (χ4v) is 2.51. The Labute approximate surface area is 125 Å². The molecule has 1 atom stereocenters. The fraction of sp³-hybridized carbons (Fsp3) is 0.200. The summed E-state index contributed by atoms with van der Waals surface area (Å²) in [7, 11) is 1.67. The Morgan fingerprint density at radius 2 is 2.30 bits per heavy atom. The van der Waals surface area contributed by atoms with E-state index in [2.05, 4.69) is 38.0 Å². The maximum absolute atomic E-state index is 5.87. The molecule has 20 heavy (non-hydrogen) atoms. The maximum atomic E-state index is 5.87. The van der Waals surface area contributed by atoms with Gasteiger partial charge in [-0.05, 0) is 40.6 Å². The Morgan fingerprint density at radius 3 is 3.00 bits per heavy atom. The van der Waals surface area contributed by atoms with E-state index in [0.29, 0.717) is 5.89 Å². The molecule has 0 saturated carbocycles. The first-order valence-electron chi connectivity index (χ1n) is 6.26. The summed E-state index contributed by atoms with van der Waals surface area (Å²) in [6.07, 6.45) is 12.2. The van der Waals surface area contributed by atoms with Crippen LogP contribution in [0.1, 0.15) is 18.1 Å². The molecule has 1 aliphatic rings. The molecule has 0 amide bonds. The minimum absolute atomic E-state index is 0.204. The number of nitrogens with zero attached hydrogens (tertiary/aromatic N) is 2. The zero-order chi connectivity index (χ0) is 13.9. The van der Waals surface area contributed by atoms with E-state index < -0.39 is 0 Å². The number of hydrogen-bond acceptors (Lipinski definition) is 4. The molecule has 0 aromatic carbocycles. The quantitative estimate of drug-likeness (QED) is 0.849. The lowest BCUT2D eigenvalue weighted by Crippen LogP contribution is -1.98. The summed E-state index contributed by atoms with van der Waals surface area (Å²) in [5.41, 5.74) is 0.902. The minimum Gasteiger partial charge on any atom is -0.497 e. The van der Waals surface area contributed by atoms with Crippen LogP contribution in [0.4, 0.5) is 0 Å². The van der Waals surface area contributed by atoms with Gasteiger partial charge in [0.05, 0.1) is 18.9 Å². The molecule has 5 heteroatoms. The molecule has 1 unspecified atom stereocenters. The molecule has 0 aliphatic heterocycles. The molecule has 2 aromatic rings. The number of pyridine rings is 1. The molecule has 2 aromatic heterocycles. The molecule has 1 aliphatic carbocycles. The van der Waals surface area contributed by atoms with E-state index >= 15 is 0 Å². The van der Waals surface area contributed by atoms with Gasteiger partial charge < -0.3 is 9.15 Å². The Balaban J connectivity index is 1.84. The number of allylic oxidation sites excluding steroid dienone is 3. The fourth-order valence-electron chi connectivity index (χ4n) is 2.09. The van der Waals surface area contributed by atoms with E-state index in [9.17, 15) is 0 Å². The average molecular weight is 333 g/mol. The van der Waals surface area contributed by atoms with Crippen LogP contribution in [0.25, 0.3) is 11.5 Å². The highest BCUT2D eigenvalue weighted by Gasteiger charge is 2.17. The zero-order valence-electron chi connectivity index (χ0n) is 10.9. The van der Waals surface area contributed by atoms with Gasteiger partial charge in [0.15, 0.2) is 0 Å². The van der Waals surface area contributed by atoms with Crippen molar-refractivity contribution in [2.45, 2.75) is 12.3 Å². The van der Waals surface area contributed by atoms with Crippen LogP contribution in [0.3, 0.4) is 0 Å². The van der Waals surface area contributed by atoms with E-state index in [-0.39, 0.29) is 5.92 Å². The maximum Gasteiger partial charge on any atom is 0.227 e. The molecule has 2 heterocycles. The molecule has 0 spiro atoms. The summed E-state index contributed by atoms with van der Waals surface area (Å²) in [5, 5.41) is 0. The van der Waals surface area contributed by atoms with Crippen molar-refractivity contribution in [3.05, 3.63) is 58.9 Å². The second-order valence-corrected chi connectivity index (χ2v) is 5.29. The van der Waals surface area contributed by atoms with Gasteiger partial charge in [-0.1, -0.05) is 6.08 Å². The summed E-state index contributed by atoms with van der Waals surface area (Å²) in [5.74, 6) is 2.55. The van der Waals surface area contributed by atoms with Crippen molar-refractivity contribution in [3.8, 4) is 11.5 Å². The lowest BCUT2D eigenvalue weighted by Gasteiger charge is -2.12. The molecular weight excluding hydrogens is 320 g/mol. The first-order valence-corrected chi connectivity index (χ1v) is 7.05. The standard InChI is InChI=1S/C15H13BrN2O2/c1-19-11-4-2-10(3-5-11)14-9-18-15(20-14)12-6-7-17-8-13(12)16/h2,4-10H,3H2,1H3. The van der Waals surface area contributed by atoms with Crippen molar-refractivity contribution in [2.75, 3.05) is 7.11 Å². The summed E-state index contributed by atoms with van der Waals surface area (Å²) in [6, 6.07) is 1.87. The number of methoxy groups -OCH3 is 1. The van der Waals surface area contributed by atoms with Crippen LogP contribution in [0.2, 0.25) is 0 Å². The van der Waals surface area contributed by atoms with Crippen LogP contribution in [-0.4, -0.2) is 17.1 Å². The van der Waals surface area contributed by atoms with Crippen LogP contribution in [0.5, 0.6) is 0 Å². The SMILES string of the molecule is COC1=CCC(c2cnc(-c3ccncc3Br)o2)C=C1. The highest BCUT2D eigenvalue weighted by molar-refractivity contribution is 9.10. The van der Waals surface area contributed by atoms with E-state index in [1.54, 1.807) is 25.7 Å². The van der Waals surface area contributed by atoms with Crippen LogP contribution < -0.4 is 0 Å². The van der Waals surface area contributed by atoms with Gasteiger partial charge in [-0.3, -0.25) is 4.98 Å². The van der Waals surface area contributed by atoms with Crippen molar-refractivity contribution < 1.29 is 9.15 Å². The lowest BCUT2D eigenvalue weighted by molar-refractivity contribution is 0.302. The Bertz CT molecular complexity index is 676. The molecule has 3 rings (SSSR count). The van der Waals surface area contributed by atoms with E-state index in [1.165, 1.54) is 0 Å². The average Bonchev–Trinajstić information content (AvgIpc) is 2.97. The first-order chi connectivity index (χ1) is 9.78. The monoisotopic (exact) mass is 332 g/mol. The number of rotatable bonds is 3. The van der Waals surface area contributed by atoms with Crippen molar-refractivity contribution in [3.63, 3.8) is 0 Å². The number of aromatic nitrogens is 2. The molecule has 4 nitrogen and oxygen atoms in total. The largest absolute Gasteiger partial charge is 0.497 e. The van der Waals surface area contributed by atoms with Gasteiger partial charge in [0.2, 0.25) is 5.89 Å². The molecule has 0 radical (unpaired) electrons. The number of halogens is 1. The highest BCUT2D eigenvalue weighted by atomic mass is 79.9. The van der Waals surface area contributed by atoms with Crippen molar-refractivity contribution in [1.82, 2.24) is 9.97 Å². The first kappa shape index (κ1) is 13.1. The summed E-state index contributed by atoms with van der Waals surface area (Å²) in [6.45, 7) is 0. The van der Waals surface area contributed by atoms with E-state index in [1.807, 2.05) is 12.1 Å². The van der Waals surface area contributed by atoms with Gasteiger partial charge >= 0.3 is 0 Å². The van der Waals surface area contributed by atoms with Crippen LogP contribution in [0, 0.1) is 0 Å². The third-order valence-electron chi connectivity index (χ3n) is 3.19. The van der Waals surface area contributed by atoms with Crippen molar-refractivity contribution in [1.29, 1.82) is 0 Å². The van der Waals surface area contributed by atoms with Crippen molar-refractivity contribution in [2.24, 2.45) is 0 Å².